The van der Waals surface area contributed by atoms with Gasteiger partial charge >= 0.3 is 0 Å². The van der Waals surface area contributed by atoms with Crippen LogP contribution >= 0.6 is 49.0 Å². The number of thioether (sulfide) groups is 1. The molecule has 1 saturated heterocycles. The molecule has 1 fully saturated rings. The summed E-state index contributed by atoms with van der Waals surface area (Å²) in [6.07, 6.45) is 6.51. The predicted octanol–water partition coefficient (Wildman–Crippen LogP) is 2.63. The largest absolute Gasteiger partial charge is 0.339 e. The molecular formula is C16H29Cl3N4OS. The fraction of sp³-hybridized carbons (Fsp3) is 0.625. The van der Waals surface area contributed by atoms with Crippen molar-refractivity contribution in [3.8, 4) is 0 Å². The fourth-order valence-electron chi connectivity index (χ4n) is 2.77. The zero-order chi connectivity index (χ0) is 15.9. The van der Waals surface area contributed by atoms with Crippen molar-refractivity contribution in [3.05, 3.63) is 30.1 Å². The number of hydrogen-bond acceptors (Lipinski definition) is 5. The van der Waals surface area contributed by atoms with E-state index in [2.05, 4.69) is 22.9 Å². The molecule has 1 aliphatic rings. The topological polar surface area (TPSA) is 62.5 Å². The molecule has 5 nitrogen and oxygen atoms in total. The molecule has 1 aromatic rings. The number of carbonyl (C=O) groups excluding carboxylic acids is 1. The highest BCUT2D eigenvalue weighted by Gasteiger charge is 2.27. The Balaban J connectivity index is 0. The summed E-state index contributed by atoms with van der Waals surface area (Å²) >= 11 is 1.73. The Bertz CT molecular complexity index is 476. The molecule has 2 rings (SSSR count). The third kappa shape index (κ3) is 7.89. The Morgan fingerprint density at radius 2 is 1.92 bits per heavy atom. The van der Waals surface area contributed by atoms with Gasteiger partial charge in [0.2, 0.25) is 5.91 Å². The van der Waals surface area contributed by atoms with Gasteiger partial charge in [0.1, 0.15) is 0 Å². The van der Waals surface area contributed by atoms with E-state index in [0.29, 0.717) is 6.04 Å². The third-order valence-electron chi connectivity index (χ3n) is 4.29. The lowest BCUT2D eigenvalue weighted by atomic mass is 10.1. The smallest absolute Gasteiger partial charge is 0.239 e. The van der Waals surface area contributed by atoms with Crippen LogP contribution in [0.1, 0.15) is 24.9 Å². The zero-order valence-corrected chi connectivity index (χ0v) is 17.9. The van der Waals surface area contributed by atoms with Crippen LogP contribution in [0.2, 0.25) is 0 Å². The van der Waals surface area contributed by atoms with Crippen molar-refractivity contribution in [2.24, 2.45) is 5.73 Å². The molecule has 1 amide bonds. The van der Waals surface area contributed by atoms with Crippen LogP contribution in [0.25, 0.3) is 0 Å². The van der Waals surface area contributed by atoms with Gasteiger partial charge in [-0.2, -0.15) is 11.8 Å². The quantitative estimate of drug-likeness (QED) is 0.750. The molecule has 0 bridgehead atoms. The number of nitrogens with zero attached hydrogens (tertiary/aromatic N) is 3. The van der Waals surface area contributed by atoms with E-state index in [0.717, 1.165) is 38.4 Å². The minimum atomic E-state index is -0.352. The minimum Gasteiger partial charge on any atom is -0.339 e. The number of pyridine rings is 1. The second-order valence-corrected chi connectivity index (χ2v) is 6.70. The van der Waals surface area contributed by atoms with Gasteiger partial charge in [0.05, 0.1) is 6.04 Å². The van der Waals surface area contributed by atoms with Gasteiger partial charge in [0, 0.05) is 44.6 Å². The summed E-state index contributed by atoms with van der Waals surface area (Å²) in [5.74, 6) is 1.04. The SMILES string of the molecule is CSCC[C@H](N)C(=O)N1CCN(C(C)c2cccnc2)CC1.Cl.Cl.Cl. The Kier molecular flexibility index (Phi) is 15.0. The zero-order valence-electron chi connectivity index (χ0n) is 14.7. The van der Waals surface area contributed by atoms with Crippen LogP contribution in [0.4, 0.5) is 0 Å². The summed E-state index contributed by atoms with van der Waals surface area (Å²) < 4.78 is 0. The van der Waals surface area contributed by atoms with Crippen molar-refractivity contribution in [1.29, 1.82) is 0 Å². The summed E-state index contributed by atoms with van der Waals surface area (Å²) in [7, 11) is 0. The highest BCUT2D eigenvalue weighted by molar-refractivity contribution is 7.98. The van der Waals surface area contributed by atoms with Crippen LogP contribution in [0.15, 0.2) is 24.5 Å². The number of halogens is 3. The van der Waals surface area contributed by atoms with Crippen LogP contribution in [0.3, 0.4) is 0 Å². The van der Waals surface area contributed by atoms with Crippen molar-refractivity contribution < 1.29 is 4.79 Å². The molecule has 1 unspecified atom stereocenters. The van der Waals surface area contributed by atoms with Crippen LogP contribution in [-0.4, -0.2) is 64.9 Å². The molecular weight excluding hydrogens is 403 g/mol. The molecule has 0 spiro atoms. The first-order valence-corrected chi connectivity index (χ1v) is 9.20. The van der Waals surface area contributed by atoms with Crippen molar-refractivity contribution in [2.45, 2.75) is 25.4 Å². The summed E-state index contributed by atoms with van der Waals surface area (Å²) in [6.45, 7) is 5.49. The van der Waals surface area contributed by atoms with E-state index in [1.54, 1.807) is 18.0 Å². The van der Waals surface area contributed by atoms with Gasteiger partial charge in [-0.05, 0) is 37.0 Å². The Morgan fingerprint density at radius 3 is 2.44 bits per heavy atom. The second-order valence-electron chi connectivity index (χ2n) is 5.71. The van der Waals surface area contributed by atoms with Gasteiger partial charge in [-0.1, -0.05) is 6.07 Å². The normalized spacial score (nSPS) is 16.7. The van der Waals surface area contributed by atoms with E-state index >= 15 is 0 Å². The van der Waals surface area contributed by atoms with Crippen molar-refractivity contribution >= 4 is 54.9 Å². The molecule has 1 aromatic heterocycles. The van der Waals surface area contributed by atoms with Gasteiger partial charge < -0.3 is 10.6 Å². The monoisotopic (exact) mass is 430 g/mol. The second kappa shape index (κ2) is 13.9. The highest BCUT2D eigenvalue weighted by atomic mass is 35.5. The van der Waals surface area contributed by atoms with Gasteiger partial charge in [0.15, 0.2) is 0 Å². The molecule has 9 heteroatoms. The molecule has 0 radical (unpaired) electrons. The third-order valence-corrected chi connectivity index (χ3v) is 4.93. The van der Waals surface area contributed by atoms with E-state index in [4.69, 9.17) is 5.73 Å². The van der Waals surface area contributed by atoms with E-state index in [1.165, 1.54) is 5.56 Å². The summed E-state index contributed by atoms with van der Waals surface area (Å²) in [5, 5.41) is 0. The maximum absolute atomic E-state index is 12.3. The summed E-state index contributed by atoms with van der Waals surface area (Å²) in [6, 6.07) is 4.05. The first-order valence-electron chi connectivity index (χ1n) is 7.80. The van der Waals surface area contributed by atoms with E-state index in [1.807, 2.05) is 23.4 Å². The first-order chi connectivity index (χ1) is 10.6. The summed E-state index contributed by atoms with van der Waals surface area (Å²) in [4.78, 5) is 20.8. The number of nitrogens with two attached hydrogens (primary N) is 1. The average Bonchev–Trinajstić information content (AvgIpc) is 2.59. The molecule has 25 heavy (non-hydrogen) atoms. The lowest BCUT2D eigenvalue weighted by molar-refractivity contribution is -0.134. The van der Waals surface area contributed by atoms with E-state index in [-0.39, 0.29) is 49.2 Å². The standard InChI is InChI=1S/C16H26N4OS.3ClH/c1-13(14-4-3-6-18-12-14)19-7-9-20(10-8-19)16(21)15(17)5-11-22-2;;;/h3-4,6,12-13,15H,5,7-11,17H2,1-2H3;3*1H/t13?,15-;;;/m0.../s1. The van der Waals surface area contributed by atoms with Crippen LogP contribution in [0, 0.1) is 0 Å². The van der Waals surface area contributed by atoms with Gasteiger partial charge in [-0.15, -0.1) is 37.2 Å². The highest BCUT2D eigenvalue weighted by Crippen LogP contribution is 2.20. The molecule has 146 valence electrons. The predicted molar refractivity (Wildman–Crippen MR) is 114 cm³/mol. The molecule has 1 aliphatic heterocycles. The average molecular weight is 432 g/mol. The first kappa shape index (κ1) is 27.0. The number of rotatable bonds is 6. The maximum Gasteiger partial charge on any atom is 0.239 e. The molecule has 2 atom stereocenters. The number of amides is 1. The maximum atomic E-state index is 12.3. The molecule has 0 saturated carbocycles. The van der Waals surface area contributed by atoms with Gasteiger partial charge in [0.25, 0.3) is 0 Å². The fourth-order valence-corrected chi connectivity index (χ4v) is 3.26. The van der Waals surface area contributed by atoms with Crippen LogP contribution in [-0.2, 0) is 4.79 Å². The van der Waals surface area contributed by atoms with Crippen molar-refractivity contribution in [1.82, 2.24) is 14.8 Å². The Labute approximate surface area is 173 Å². The molecule has 2 heterocycles. The lowest BCUT2D eigenvalue weighted by Gasteiger charge is -2.39. The van der Waals surface area contributed by atoms with E-state index in [9.17, 15) is 4.79 Å². The minimum absolute atomic E-state index is 0. The number of piperazine rings is 1. The van der Waals surface area contributed by atoms with Crippen molar-refractivity contribution in [2.75, 3.05) is 38.2 Å². The number of carbonyl (C=O) groups is 1. The van der Waals surface area contributed by atoms with E-state index < -0.39 is 0 Å². The molecule has 0 aliphatic carbocycles. The van der Waals surface area contributed by atoms with Crippen molar-refractivity contribution in [3.63, 3.8) is 0 Å². The van der Waals surface area contributed by atoms with Gasteiger partial charge in [-0.3, -0.25) is 14.7 Å². The Hall–Kier alpha value is -0.240. The Morgan fingerprint density at radius 1 is 1.28 bits per heavy atom. The molecule has 0 aromatic carbocycles. The summed E-state index contributed by atoms with van der Waals surface area (Å²) in [5.41, 5.74) is 7.21. The lowest BCUT2D eigenvalue weighted by Crippen LogP contribution is -2.53. The number of aromatic nitrogens is 1. The molecule has 2 N–H and O–H groups in total. The number of hydrogen-bond donors (Lipinski definition) is 1. The van der Waals surface area contributed by atoms with Crippen LogP contribution < -0.4 is 5.73 Å². The van der Waals surface area contributed by atoms with Gasteiger partial charge in [-0.25, -0.2) is 0 Å². The van der Waals surface area contributed by atoms with Crippen LogP contribution in [0.5, 0.6) is 0 Å².